The third kappa shape index (κ3) is 7.72. The Labute approximate surface area is 301 Å². The van der Waals surface area contributed by atoms with Crippen LogP contribution in [0, 0.1) is 29.6 Å². The lowest BCUT2D eigenvalue weighted by Crippen LogP contribution is -2.42. The largest absolute Gasteiger partial charge is 0.480 e. The molecule has 2 aromatic carbocycles. The van der Waals surface area contributed by atoms with Crippen molar-refractivity contribution < 1.29 is 36.9 Å². The molecule has 0 bridgehead atoms. The Morgan fingerprint density at radius 1 is 0.780 bits per heavy atom. The van der Waals surface area contributed by atoms with Crippen LogP contribution in [0.4, 0.5) is 0 Å². The molecule has 2 heterocycles. The number of aliphatic carboxylic acids is 1. The first-order valence-electron chi connectivity index (χ1n) is 16.7. The fraction of sp³-hybridized carbons (Fsp3) is 0.559. The van der Waals surface area contributed by atoms with Gasteiger partial charge in [0.1, 0.15) is 17.5 Å². The third-order valence-corrected chi connectivity index (χ3v) is 13.2. The molecule has 0 spiro atoms. The van der Waals surface area contributed by atoms with E-state index >= 15 is 0 Å². The van der Waals surface area contributed by atoms with Crippen LogP contribution >= 0.6 is 12.4 Å². The van der Waals surface area contributed by atoms with Crippen LogP contribution in [0.2, 0.25) is 0 Å². The Balaban J connectivity index is 0.00000562. The minimum atomic E-state index is -3.97. The number of carbonyl (C=O) groups is 1. The number of sulfonamides is 2. The first-order valence-corrected chi connectivity index (χ1v) is 19.6. The number of halogens is 1. The predicted octanol–water partition coefficient (Wildman–Crippen LogP) is 4.71. The van der Waals surface area contributed by atoms with Crippen LogP contribution in [0.3, 0.4) is 0 Å². The lowest BCUT2D eigenvalue weighted by Gasteiger charge is -2.34. The van der Waals surface area contributed by atoms with Crippen LogP contribution in [-0.4, -0.2) is 97.5 Å². The Bertz CT molecular complexity index is 1750. The molecule has 50 heavy (non-hydrogen) atoms. The number of nitrogens with zero attached hydrogens (tertiary/aromatic N) is 5. The molecule has 0 unspecified atom stereocenters. The number of likely N-dealkylation sites (N-methyl/N-ethyl adjacent to an activating group) is 1. The second-order valence-corrected chi connectivity index (χ2v) is 18.4. The van der Waals surface area contributed by atoms with E-state index in [1.54, 1.807) is 13.8 Å². The summed E-state index contributed by atoms with van der Waals surface area (Å²) in [6, 6.07) is 7.75. The highest BCUT2D eigenvalue weighted by atomic mass is 35.5. The number of piperidine rings is 2. The van der Waals surface area contributed by atoms with Crippen LogP contribution in [0.5, 0.6) is 0 Å². The summed E-state index contributed by atoms with van der Waals surface area (Å²) in [6.07, 6.45) is 1.83. The van der Waals surface area contributed by atoms with Gasteiger partial charge in [0, 0.05) is 55.5 Å². The van der Waals surface area contributed by atoms with Crippen LogP contribution in [0.15, 0.2) is 56.5 Å². The second kappa shape index (κ2) is 15.3. The van der Waals surface area contributed by atoms with E-state index in [2.05, 4.69) is 10.3 Å². The van der Waals surface area contributed by atoms with Crippen LogP contribution in [0.1, 0.15) is 76.6 Å². The summed E-state index contributed by atoms with van der Waals surface area (Å²) >= 11 is 0. The number of hydroxylamine groups is 2. The number of carboxylic acid groups (broad SMARTS) is 1. The fourth-order valence-electron chi connectivity index (χ4n) is 7.59. The highest BCUT2D eigenvalue weighted by Crippen LogP contribution is 2.35. The van der Waals surface area contributed by atoms with Crippen molar-refractivity contribution in [3.05, 3.63) is 58.7 Å². The summed E-state index contributed by atoms with van der Waals surface area (Å²) in [5, 5.41) is 29.1. The number of oxime groups is 2. The van der Waals surface area contributed by atoms with Crippen molar-refractivity contribution >= 4 is 49.8 Å². The van der Waals surface area contributed by atoms with Crippen molar-refractivity contribution in [3.8, 4) is 0 Å². The molecule has 276 valence electrons. The average molecular weight is 754 g/mol. The molecule has 2 saturated heterocycles. The van der Waals surface area contributed by atoms with Gasteiger partial charge < -0.3 is 10.3 Å². The van der Waals surface area contributed by atoms with E-state index in [9.17, 15) is 31.9 Å². The van der Waals surface area contributed by atoms with Gasteiger partial charge in [-0.1, -0.05) is 64.0 Å². The summed E-state index contributed by atoms with van der Waals surface area (Å²) in [4.78, 5) is 17.7. The molecule has 3 aliphatic rings. The molecule has 1 aliphatic carbocycles. The minimum Gasteiger partial charge on any atom is -0.480 e. The summed E-state index contributed by atoms with van der Waals surface area (Å²) in [6.45, 7) is 13.0. The zero-order valence-corrected chi connectivity index (χ0v) is 31.9. The fourth-order valence-corrected chi connectivity index (χ4v) is 11.0. The van der Waals surface area contributed by atoms with Gasteiger partial charge in [0.15, 0.2) is 0 Å². The molecular weight excluding hydrogens is 706 g/mol. The monoisotopic (exact) mass is 753 g/mol. The molecule has 2 aliphatic heterocycles. The Morgan fingerprint density at radius 3 is 1.52 bits per heavy atom. The van der Waals surface area contributed by atoms with Crippen molar-refractivity contribution in [1.82, 2.24) is 13.7 Å². The minimum absolute atomic E-state index is 0. The van der Waals surface area contributed by atoms with E-state index < -0.39 is 32.1 Å². The third-order valence-electron chi connectivity index (χ3n) is 9.59. The molecule has 0 saturated carbocycles. The zero-order valence-electron chi connectivity index (χ0n) is 29.5. The number of benzene rings is 2. The topological polar surface area (TPSA) is 169 Å². The summed E-state index contributed by atoms with van der Waals surface area (Å²) in [7, 11) is -6.51. The van der Waals surface area contributed by atoms with Crippen molar-refractivity contribution in [2.75, 3.05) is 33.2 Å². The van der Waals surface area contributed by atoms with E-state index in [1.165, 1.54) is 52.1 Å². The van der Waals surface area contributed by atoms with Gasteiger partial charge >= 0.3 is 5.97 Å². The van der Waals surface area contributed by atoms with Crippen molar-refractivity contribution in [2.45, 2.75) is 70.2 Å². The number of hydrogen-bond donors (Lipinski definition) is 2. The summed E-state index contributed by atoms with van der Waals surface area (Å²) < 4.78 is 59.0. The highest BCUT2D eigenvalue weighted by Gasteiger charge is 2.37. The lowest BCUT2D eigenvalue weighted by atomic mass is 9.83. The van der Waals surface area contributed by atoms with Gasteiger partial charge in [0.25, 0.3) is 0 Å². The first kappa shape index (κ1) is 39.7. The van der Waals surface area contributed by atoms with E-state index in [4.69, 9.17) is 4.94 Å². The Morgan fingerprint density at radius 2 is 1.18 bits per heavy atom. The van der Waals surface area contributed by atoms with Crippen molar-refractivity contribution in [2.24, 2.45) is 39.9 Å². The molecule has 16 heteroatoms. The zero-order chi connectivity index (χ0) is 36.0. The van der Waals surface area contributed by atoms with Crippen molar-refractivity contribution in [1.29, 1.82) is 0 Å². The highest BCUT2D eigenvalue weighted by molar-refractivity contribution is 7.89. The molecule has 0 aromatic heterocycles. The quantitative estimate of drug-likeness (QED) is 0.232. The number of hydrogen-bond acceptors (Lipinski definition) is 10. The maximum Gasteiger partial charge on any atom is 0.324 e. The maximum atomic E-state index is 14.0. The average Bonchev–Trinajstić information content (AvgIpc) is 3.01. The second-order valence-electron chi connectivity index (χ2n) is 14.5. The SMILES string of the molecule is CC(C)[C@@H](C(=O)O)N(C)ON=C1c2cc(S(=O)(=O)N3C[C@H](C)C[C@H](C)C3)ccc2C(=NO)c2ccc(S(=O)(=O)N3C[C@H](C)C[C@H](C)C3)cc21.Cl. The maximum absolute atomic E-state index is 14.0. The predicted molar refractivity (Wildman–Crippen MR) is 192 cm³/mol. The van der Waals surface area contributed by atoms with Crippen LogP contribution in [-0.2, 0) is 29.8 Å². The normalized spacial score (nSPS) is 23.9. The van der Waals surface area contributed by atoms with Gasteiger partial charge in [-0.25, -0.2) is 16.8 Å². The van der Waals surface area contributed by atoms with E-state index in [0.29, 0.717) is 37.3 Å². The van der Waals surface area contributed by atoms with Gasteiger partial charge in [-0.15, -0.1) is 17.5 Å². The standard InChI is InChI=1S/C34H47N5O8S2.ClH/c1-20(2)33(34(40)41)37(7)47-36-32-29-14-25(48(43,44)38-16-21(3)12-22(4)17-38)8-10-27(29)31(35-42)28-11-9-26(15-30(28)32)49(45,46)39-18-23(5)13-24(6)19-39;/h8-11,14-15,20-24,33,42H,12-13,16-19H2,1-7H3,(H,40,41);1H/t21-,22+,23-,24+,33-;/m0./s1. The molecule has 0 amide bonds. The molecule has 13 nitrogen and oxygen atoms in total. The molecule has 2 aromatic rings. The Kier molecular flexibility index (Phi) is 12.1. The number of fused-ring (bicyclic) bond motifs is 2. The summed E-state index contributed by atoms with van der Waals surface area (Å²) in [5.41, 5.74) is 1.28. The molecule has 5 atom stereocenters. The first-order chi connectivity index (χ1) is 22.9. The van der Waals surface area contributed by atoms with Gasteiger partial charge in [0.05, 0.1) is 9.79 Å². The van der Waals surface area contributed by atoms with Gasteiger partial charge in [-0.05, 0) is 66.7 Å². The number of rotatable bonds is 9. The van der Waals surface area contributed by atoms with Crippen LogP contribution < -0.4 is 0 Å². The molecule has 5 rings (SSSR count). The molecule has 2 fully saturated rings. The molecular formula is C34H48ClN5O8S2. The van der Waals surface area contributed by atoms with Gasteiger partial charge in [0.2, 0.25) is 20.0 Å². The Hall–Kier alpha value is -3.08. The van der Waals surface area contributed by atoms with E-state index in [-0.39, 0.29) is 74.3 Å². The van der Waals surface area contributed by atoms with E-state index in [1.807, 2.05) is 27.7 Å². The van der Waals surface area contributed by atoms with Crippen molar-refractivity contribution in [3.63, 3.8) is 0 Å². The molecule has 0 radical (unpaired) electrons. The van der Waals surface area contributed by atoms with E-state index in [0.717, 1.165) is 17.9 Å². The lowest BCUT2D eigenvalue weighted by molar-refractivity contribution is -0.193. The smallest absolute Gasteiger partial charge is 0.324 e. The number of carboxylic acids is 1. The summed E-state index contributed by atoms with van der Waals surface area (Å²) in [5.74, 6) is -0.802. The van der Waals surface area contributed by atoms with Gasteiger partial charge in [-0.2, -0.15) is 8.61 Å². The molecule has 2 N–H and O–H groups in total. The van der Waals surface area contributed by atoms with Crippen LogP contribution in [0.25, 0.3) is 0 Å². The van der Waals surface area contributed by atoms with Gasteiger partial charge in [-0.3, -0.25) is 9.73 Å².